The molecule has 0 spiro atoms. The van der Waals surface area contributed by atoms with E-state index in [1.165, 1.54) is 30.1 Å². The summed E-state index contributed by atoms with van der Waals surface area (Å²) in [7, 11) is 0. The molecule has 8 heteroatoms. The van der Waals surface area contributed by atoms with Gasteiger partial charge in [0, 0.05) is 22.5 Å². The van der Waals surface area contributed by atoms with Crippen LogP contribution in [-0.4, -0.2) is 22.5 Å². The van der Waals surface area contributed by atoms with Crippen molar-refractivity contribution in [1.82, 2.24) is 0 Å². The molecule has 0 aromatic rings. The van der Waals surface area contributed by atoms with E-state index >= 15 is 0 Å². The lowest BCUT2D eigenvalue weighted by Crippen LogP contribution is -2.08. The molecule has 1 atom stereocenters. The fourth-order valence-electron chi connectivity index (χ4n) is 2.14. The van der Waals surface area contributed by atoms with E-state index in [1.54, 1.807) is 25.4 Å². The molecule has 0 aromatic heterocycles. The molecule has 0 nitrogen and oxygen atoms in total. The van der Waals surface area contributed by atoms with E-state index in [1.807, 2.05) is 47.0 Å². The third kappa shape index (κ3) is 3.67. The molecule has 0 unspecified atom stereocenters. The lowest BCUT2D eigenvalue weighted by Gasteiger charge is -2.20. The van der Waals surface area contributed by atoms with Gasteiger partial charge in [0.25, 0.3) is 0 Å². The van der Waals surface area contributed by atoms with E-state index in [0.29, 0.717) is 0 Å². The summed E-state index contributed by atoms with van der Waals surface area (Å²) >= 11 is 16.5. The summed E-state index contributed by atoms with van der Waals surface area (Å²) in [5, 5.41) is 0.831. The molecular formula is C13H14S8. The molecule has 0 aromatic carbocycles. The summed E-state index contributed by atoms with van der Waals surface area (Å²) in [6.07, 6.45) is 2.67. The van der Waals surface area contributed by atoms with Crippen LogP contribution < -0.4 is 0 Å². The zero-order valence-corrected chi connectivity index (χ0v) is 17.9. The molecule has 0 aliphatic carbocycles. The van der Waals surface area contributed by atoms with Gasteiger partial charge in [-0.05, 0) is 6.42 Å². The summed E-state index contributed by atoms with van der Waals surface area (Å²) in [6.45, 7) is 2.30. The van der Waals surface area contributed by atoms with Crippen molar-refractivity contribution in [3.63, 3.8) is 0 Å². The lowest BCUT2D eigenvalue weighted by atomic mass is 10.3. The van der Waals surface area contributed by atoms with E-state index < -0.39 is 0 Å². The monoisotopic (exact) mass is 426 g/mol. The van der Waals surface area contributed by atoms with Crippen LogP contribution >= 0.6 is 94.1 Å². The highest BCUT2D eigenvalue weighted by Gasteiger charge is 2.34. The largest absolute Gasteiger partial charge is 0.116 e. The van der Waals surface area contributed by atoms with Gasteiger partial charge in [-0.25, -0.2) is 0 Å². The molecule has 4 heterocycles. The molecule has 0 N–H and O–H groups in total. The minimum absolute atomic E-state index is 0.831. The summed E-state index contributed by atoms with van der Waals surface area (Å²) in [6, 6.07) is 0. The summed E-state index contributed by atoms with van der Waals surface area (Å²) in [5.74, 6) is 3.85. The van der Waals surface area contributed by atoms with Gasteiger partial charge in [-0.2, -0.15) is 0 Å². The molecule has 0 fully saturated rings. The molecule has 0 bridgehead atoms. The average molecular weight is 427 g/mol. The van der Waals surface area contributed by atoms with Crippen LogP contribution in [0.5, 0.6) is 0 Å². The van der Waals surface area contributed by atoms with Crippen LogP contribution in [0.3, 0.4) is 0 Å². The first-order chi connectivity index (χ1) is 10.3. The molecule has 0 amide bonds. The van der Waals surface area contributed by atoms with Gasteiger partial charge >= 0.3 is 0 Å². The Bertz CT molecular complexity index is 526. The Hall–Kier alpha value is 2.02. The normalized spacial score (nSPS) is 29.3. The average Bonchev–Trinajstić information content (AvgIpc) is 3.10. The minimum Gasteiger partial charge on any atom is -0.116 e. The van der Waals surface area contributed by atoms with Gasteiger partial charge in [0.15, 0.2) is 0 Å². The Balaban J connectivity index is 1.45. The third-order valence-electron chi connectivity index (χ3n) is 3.08. The summed E-state index contributed by atoms with van der Waals surface area (Å²) in [5.41, 5.74) is 0. The van der Waals surface area contributed by atoms with E-state index in [9.17, 15) is 0 Å². The Morgan fingerprint density at radius 3 is 1.95 bits per heavy atom. The van der Waals surface area contributed by atoms with E-state index in [0.717, 1.165) is 5.25 Å². The molecule has 0 saturated carbocycles. The highest BCUT2D eigenvalue weighted by atomic mass is 32.3. The van der Waals surface area contributed by atoms with E-state index in [2.05, 4.69) is 54.0 Å². The van der Waals surface area contributed by atoms with Crippen LogP contribution in [0.15, 0.2) is 25.4 Å². The van der Waals surface area contributed by atoms with Crippen molar-refractivity contribution in [2.45, 2.75) is 25.0 Å². The van der Waals surface area contributed by atoms with Gasteiger partial charge in [0.05, 0.1) is 25.4 Å². The Kier molecular flexibility index (Phi) is 5.89. The topological polar surface area (TPSA) is 0 Å². The highest BCUT2D eigenvalue weighted by Crippen LogP contribution is 2.68. The van der Waals surface area contributed by atoms with Crippen LogP contribution in [0.4, 0.5) is 0 Å². The molecule has 4 aliphatic heterocycles. The standard InChI is InChI=1S/C13H14S8/c1-2-3-7-6-16-10-11(17-7)21-13(20-10)12-18-8-9(19-12)15-5-4-14-8/h7H,2-6H2,1H3/t7-/m1/s1. The Labute approximate surface area is 160 Å². The van der Waals surface area contributed by atoms with Crippen molar-refractivity contribution in [3.8, 4) is 0 Å². The smallest absolute Gasteiger partial charge is 0.0717 e. The van der Waals surface area contributed by atoms with Crippen molar-refractivity contribution in [1.29, 1.82) is 0 Å². The third-order valence-corrected chi connectivity index (χ3v) is 15.5. The van der Waals surface area contributed by atoms with Gasteiger partial charge in [-0.15, -0.1) is 47.0 Å². The molecule has 114 valence electrons. The maximum Gasteiger partial charge on any atom is 0.0717 e. The van der Waals surface area contributed by atoms with E-state index in [4.69, 9.17) is 0 Å². The molecule has 4 aliphatic rings. The predicted molar refractivity (Wildman–Crippen MR) is 115 cm³/mol. The number of hydrogen-bond donors (Lipinski definition) is 0. The van der Waals surface area contributed by atoms with Crippen LogP contribution in [0, 0.1) is 0 Å². The summed E-state index contributed by atoms with van der Waals surface area (Å²) < 4.78 is 9.38. The van der Waals surface area contributed by atoms with Crippen molar-refractivity contribution < 1.29 is 0 Å². The molecule has 21 heavy (non-hydrogen) atoms. The quantitative estimate of drug-likeness (QED) is 0.440. The maximum absolute atomic E-state index is 2.30. The Morgan fingerprint density at radius 1 is 0.762 bits per heavy atom. The fraction of sp³-hybridized carbons (Fsp3) is 0.538. The maximum atomic E-state index is 2.30. The Morgan fingerprint density at radius 2 is 1.33 bits per heavy atom. The highest BCUT2D eigenvalue weighted by molar-refractivity contribution is 8.45. The van der Waals surface area contributed by atoms with Crippen LogP contribution in [0.25, 0.3) is 0 Å². The van der Waals surface area contributed by atoms with Crippen molar-refractivity contribution >= 4 is 94.1 Å². The zero-order chi connectivity index (χ0) is 14.2. The number of thioether (sulfide) groups is 8. The van der Waals surface area contributed by atoms with Crippen LogP contribution in [0.2, 0.25) is 0 Å². The molecule has 4 rings (SSSR count). The summed E-state index contributed by atoms with van der Waals surface area (Å²) in [4.78, 5) is 0. The minimum atomic E-state index is 0.831. The molecule has 0 radical (unpaired) electrons. The second kappa shape index (κ2) is 7.50. The first-order valence-corrected chi connectivity index (χ1v) is 13.9. The fourth-order valence-corrected chi connectivity index (χ4v) is 14.9. The first-order valence-electron chi connectivity index (χ1n) is 6.82. The lowest BCUT2D eigenvalue weighted by molar-refractivity contribution is 0.795. The van der Waals surface area contributed by atoms with Crippen molar-refractivity contribution in [2.75, 3.05) is 17.3 Å². The molecular weight excluding hydrogens is 413 g/mol. The van der Waals surface area contributed by atoms with Crippen LogP contribution in [-0.2, 0) is 0 Å². The SMILES string of the molecule is CCC[C@@H]1CSC2=C(SC(=C3SC4=C(SCCS4)S3)S2)S1. The first kappa shape index (κ1) is 16.5. The predicted octanol–water partition coefficient (Wildman–Crippen LogP) is 7.45. The van der Waals surface area contributed by atoms with Gasteiger partial charge in [-0.1, -0.05) is 60.4 Å². The zero-order valence-electron chi connectivity index (χ0n) is 11.4. The van der Waals surface area contributed by atoms with Gasteiger partial charge in [0.1, 0.15) is 0 Å². The number of rotatable bonds is 2. The van der Waals surface area contributed by atoms with E-state index in [-0.39, 0.29) is 0 Å². The van der Waals surface area contributed by atoms with Crippen molar-refractivity contribution in [3.05, 3.63) is 25.4 Å². The van der Waals surface area contributed by atoms with Crippen LogP contribution in [0.1, 0.15) is 19.8 Å². The second-order valence-electron chi connectivity index (χ2n) is 4.67. The number of hydrogen-bond acceptors (Lipinski definition) is 8. The van der Waals surface area contributed by atoms with Gasteiger partial charge in [0.2, 0.25) is 0 Å². The molecule has 0 saturated heterocycles. The van der Waals surface area contributed by atoms with Gasteiger partial charge in [-0.3, -0.25) is 0 Å². The second-order valence-corrected chi connectivity index (χ2v) is 14.9. The van der Waals surface area contributed by atoms with Crippen molar-refractivity contribution in [2.24, 2.45) is 0 Å². The van der Waals surface area contributed by atoms with Gasteiger partial charge < -0.3 is 0 Å².